The number of hydrogen-bond acceptors (Lipinski definition) is 2. The average molecular weight is 260 g/mol. The zero-order valence-electron chi connectivity index (χ0n) is 12.9. The van der Waals surface area contributed by atoms with Gasteiger partial charge in [0.1, 0.15) is 0 Å². The third-order valence-corrected chi connectivity index (χ3v) is 4.54. The normalized spacial score (nSPS) is 24.7. The first-order valence-corrected chi connectivity index (χ1v) is 7.69. The lowest BCUT2D eigenvalue weighted by Crippen LogP contribution is -2.51. The highest BCUT2D eigenvalue weighted by Gasteiger charge is 2.31. The van der Waals surface area contributed by atoms with Gasteiger partial charge < -0.3 is 10.2 Å². The Morgan fingerprint density at radius 2 is 2.05 bits per heavy atom. The van der Waals surface area contributed by atoms with Gasteiger partial charge >= 0.3 is 0 Å². The molecule has 2 rings (SSSR count). The van der Waals surface area contributed by atoms with E-state index in [1.54, 1.807) is 0 Å². The van der Waals surface area contributed by atoms with Crippen LogP contribution in [0.2, 0.25) is 0 Å². The quantitative estimate of drug-likeness (QED) is 0.881. The minimum Gasteiger partial charge on any atom is -0.367 e. The van der Waals surface area contributed by atoms with Crippen molar-refractivity contribution in [2.45, 2.75) is 65.1 Å². The number of fused-ring (bicyclic) bond motifs is 1. The molecular weight excluding hydrogens is 232 g/mol. The smallest absolute Gasteiger partial charge is 0.0414 e. The van der Waals surface area contributed by atoms with Crippen LogP contribution in [-0.2, 0) is 6.54 Å². The van der Waals surface area contributed by atoms with Crippen LogP contribution in [0.1, 0.15) is 52.5 Å². The summed E-state index contributed by atoms with van der Waals surface area (Å²) in [6.45, 7) is 11.4. The number of nitrogens with zero attached hydrogens (tertiary/aromatic N) is 1. The highest BCUT2D eigenvalue weighted by Crippen LogP contribution is 2.30. The highest BCUT2D eigenvalue weighted by atomic mass is 15.2. The molecule has 0 aliphatic carbocycles. The van der Waals surface area contributed by atoms with Crippen LogP contribution in [0.3, 0.4) is 0 Å². The van der Waals surface area contributed by atoms with E-state index in [0.717, 1.165) is 19.5 Å². The fourth-order valence-electron chi connectivity index (χ4n) is 2.97. The van der Waals surface area contributed by atoms with Crippen molar-refractivity contribution in [3.8, 4) is 0 Å². The monoisotopic (exact) mass is 260 g/mol. The summed E-state index contributed by atoms with van der Waals surface area (Å²) >= 11 is 0. The Balaban J connectivity index is 2.34. The van der Waals surface area contributed by atoms with Gasteiger partial charge in [0.05, 0.1) is 0 Å². The molecule has 0 radical (unpaired) electrons. The molecule has 1 aliphatic rings. The first-order chi connectivity index (χ1) is 9.09. The Bertz CT molecular complexity index is 415. The summed E-state index contributed by atoms with van der Waals surface area (Å²) in [6.07, 6.45) is 3.67. The van der Waals surface area contributed by atoms with Crippen molar-refractivity contribution in [1.82, 2.24) is 5.32 Å². The zero-order valence-corrected chi connectivity index (χ0v) is 12.9. The Morgan fingerprint density at radius 1 is 1.32 bits per heavy atom. The third-order valence-electron chi connectivity index (χ3n) is 4.54. The van der Waals surface area contributed by atoms with Crippen molar-refractivity contribution in [2.75, 3.05) is 11.4 Å². The molecular formula is C17H28N2. The lowest BCUT2D eigenvalue weighted by atomic mass is 9.97. The molecule has 19 heavy (non-hydrogen) atoms. The van der Waals surface area contributed by atoms with E-state index in [0.29, 0.717) is 6.04 Å². The Labute approximate surface area is 118 Å². The van der Waals surface area contributed by atoms with E-state index in [4.69, 9.17) is 0 Å². The second-order valence-corrected chi connectivity index (χ2v) is 6.16. The molecule has 0 spiro atoms. The van der Waals surface area contributed by atoms with Gasteiger partial charge in [-0.2, -0.15) is 0 Å². The van der Waals surface area contributed by atoms with E-state index in [9.17, 15) is 0 Å². The fourth-order valence-corrected chi connectivity index (χ4v) is 2.97. The average Bonchev–Trinajstić information content (AvgIpc) is 2.58. The molecule has 0 aromatic heterocycles. The lowest BCUT2D eigenvalue weighted by molar-refractivity contribution is 0.340. The van der Waals surface area contributed by atoms with Crippen molar-refractivity contribution in [1.29, 1.82) is 0 Å². The number of para-hydroxylation sites is 1. The van der Waals surface area contributed by atoms with Gasteiger partial charge in [0.2, 0.25) is 0 Å². The molecule has 2 nitrogen and oxygen atoms in total. The van der Waals surface area contributed by atoms with E-state index in [1.165, 1.54) is 24.1 Å². The Kier molecular flexibility index (Phi) is 4.51. The fraction of sp³-hybridized carbons (Fsp3) is 0.647. The zero-order chi connectivity index (χ0) is 13.9. The first-order valence-electron chi connectivity index (χ1n) is 7.69. The summed E-state index contributed by atoms with van der Waals surface area (Å²) in [5.74, 6) is 0. The number of anilines is 1. The van der Waals surface area contributed by atoms with Crippen LogP contribution < -0.4 is 10.2 Å². The van der Waals surface area contributed by atoms with E-state index in [1.807, 2.05) is 0 Å². The van der Waals surface area contributed by atoms with E-state index >= 15 is 0 Å². The van der Waals surface area contributed by atoms with Crippen LogP contribution in [0, 0.1) is 0 Å². The second-order valence-electron chi connectivity index (χ2n) is 6.16. The maximum Gasteiger partial charge on any atom is 0.0414 e. The maximum atomic E-state index is 3.75. The number of benzene rings is 1. The van der Waals surface area contributed by atoms with E-state index in [2.05, 4.69) is 62.2 Å². The molecule has 0 saturated carbocycles. The van der Waals surface area contributed by atoms with Gasteiger partial charge in [0.25, 0.3) is 0 Å². The van der Waals surface area contributed by atoms with Crippen molar-refractivity contribution in [3.05, 3.63) is 29.8 Å². The molecule has 1 heterocycles. The molecule has 0 amide bonds. The highest BCUT2D eigenvalue weighted by molar-refractivity contribution is 5.55. The SMILES string of the molecule is CCCC(C)N1CC(C)(CC)NCc2ccccc21. The van der Waals surface area contributed by atoms with E-state index in [-0.39, 0.29) is 5.54 Å². The van der Waals surface area contributed by atoms with Gasteiger partial charge in [-0.05, 0) is 38.3 Å². The summed E-state index contributed by atoms with van der Waals surface area (Å²) in [5, 5.41) is 3.75. The number of rotatable bonds is 4. The van der Waals surface area contributed by atoms with Gasteiger partial charge in [0, 0.05) is 30.4 Å². The lowest BCUT2D eigenvalue weighted by Gasteiger charge is -2.38. The molecule has 1 aromatic rings. The first kappa shape index (κ1) is 14.4. The van der Waals surface area contributed by atoms with Gasteiger partial charge in [0.15, 0.2) is 0 Å². The summed E-state index contributed by atoms with van der Waals surface area (Å²) in [4.78, 5) is 2.61. The molecule has 2 atom stereocenters. The summed E-state index contributed by atoms with van der Waals surface area (Å²) in [7, 11) is 0. The molecule has 1 N–H and O–H groups in total. The molecule has 2 heteroatoms. The van der Waals surface area contributed by atoms with Crippen LogP contribution in [0.4, 0.5) is 5.69 Å². The minimum atomic E-state index is 0.209. The number of hydrogen-bond donors (Lipinski definition) is 1. The third kappa shape index (κ3) is 3.11. The van der Waals surface area contributed by atoms with Gasteiger partial charge in [-0.3, -0.25) is 0 Å². The second kappa shape index (κ2) is 5.96. The summed E-state index contributed by atoms with van der Waals surface area (Å²) in [5.41, 5.74) is 3.07. The maximum absolute atomic E-state index is 3.75. The summed E-state index contributed by atoms with van der Waals surface area (Å²) < 4.78 is 0. The van der Waals surface area contributed by atoms with Crippen LogP contribution in [0.25, 0.3) is 0 Å². The van der Waals surface area contributed by atoms with Crippen LogP contribution in [0.5, 0.6) is 0 Å². The molecule has 2 unspecified atom stereocenters. The molecule has 0 bridgehead atoms. The van der Waals surface area contributed by atoms with Gasteiger partial charge in [-0.1, -0.05) is 38.5 Å². The minimum absolute atomic E-state index is 0.209. The largest absolute Gasteiger partial charge is 0.367 e. The molecule has 106 valence electrons. The predicted octanol–water partition coefficient (Wildman–Crippen LogP) is 3.95. The Morgan fingerprint density at radius 3 is 2.74 bits per heavy atom. The Hall–Kier alpha value is -1.02. The van der Waals surface area contributed by atoms with Crippen molar-refractivity contribution < 1.29 is 0 Å². The predicted molar refractivity (Wildman–Crippen MR) is 83.7 cm³/mol. The van der Waals surface area contributed by atoms with E-state index < -0.39 is 0 Å². The van der Waals surface area contributed by atoms with Crippen LogP contribution >= 0.6 is 0 Å². The van der Waals surface area contributed by atoms with Crippen molar-refractivity contribution >= 4 is 5.69 Å². The summed E-state index contributed by atoms with van der Waals surface area (Å²) in [6, 6.07) is 9.47. The molecule has 1 aliphatic heterocycles. The topological polar surface area (TPSA) is 15.3 Å². The molecule has 0 fully saturated rings. The van der Waals surface area contributed by atoms with Crippen molar-refractivity contribution in [3.63, 3.8) is 0 Å². The van der Waals surface area contributed by atoms with Crippen molar-refractivity contribution in [2.24, 2.45) is 0 Å². The molecule has 1 aromatic carbocycles. The van der Waals surface area contributed by atoms with Crippen LogP contribution in [-0.4, -0.2) is 18.1 Å². The van der Waals surface area contributed by atoms with Gasteiger partial charge in [-0.15, -0.1) is 0 Å². The number of nitrogens with one attached hydrogen (secondary N) is 1. The van der Waals surface area contributed by atoms with Crippen LogP contribution in [0.15, 0.2) is 24.3 Å². The molecule has 0 saturated heterocycles. The standard InChI is InChI=1S/C17H28N2/c1-5-9-14(3)19-13-17(4,6-2)18-12-15-10-7-8-11-16(15)19/h7-8,10-11,14,18H,5-6,9,12-13H2,1-4H3. The van der Waals surface area contributed by atoms with Gasteiger partial charge in [-0.25, -0.2) is 0 Å².